The van der Waals surface area contributed by atoms with E-state index in [1.165, 1.54) is 0 Å². The molecule has 4 heteroatoms. The minimum Gasteiger partial charge on any atom is -0.0862 e. The molecule has 1 rings (SSSR count). The lowest BCUT2D eigenvalue weighted by molar-refractivity contribution is 0.807. The smallest absolute Gasteiger partial charge is 0.0597 e. The Hall–Kier alpha value is -0.990. The van der Waals surface area contributed by atoms with Gasteiger partial charge in [-0.3, -0.25) is 0 Å². The maximum absolute atomic E-state index is 8.20. The van der Waals surface area contributed by atoms with E-state index in [-0.39, 0.29) is 6.04 Å². The second kappa shape index (κ2) is 4.14. The lowest BCUT2D eigenvalue weighted by atomic mass is 10.1. The Balaban J connectivity index is 2.89. The summed E-state index contributed by atoms with van der Waals surface area (Å²) in [6, 6.07) is 7.63. The zero-order valence-electron chi connectivity index (χ0n) is 6.61. The molecular formula is C8H8BrN3. The molecule has 0 saturated heterocycles. The fourth-order valence-corrected chi connectivity index (χ4v) is 1.15. The summed E-state index contributed by atoms with van der Waals surface area (Å²) >= 11 is 3.33. The number of nitrogens with zero attached hydrogens (tertiary/aromatic N) is 3. The van der Waals surface area contributed by atoms with E-state index in [4.69, 9.17) is 5.53 Å². The second-order valence-electron chi connectivity index (χ2n) is 2.43. The van der Waals surface area contributed by atoms with Crippen LogP contribution in [-0.4, -0.2) is 0 Å². The van der Waals surface area contributed by atoms with Crippen molar-refractivity contribution in [2.45, 2.75) is 13.0 Å². The van der Waals surface area contributed by atoms with Gasteiger partial charge in [-0.25, -0.2) is 0 Å². The van der Waals surface area contributed by atoms with Gasteiger partial charge in [0.05, 0.1) is 6.04 Å². The summed E-state index contributed by atoms with van der Waals surface area (Å²) in [5.74, 6) is 0. The van der Waals surface area contributed by atoms with Crippen LogP contribution >= 0.6 is 15.9 Å². The van der Waals surface area contributed by atoms with E-state index in [1.807, 2.05) is 31.2 Å². The van der Waals surface area contributed by atoms with Crippen LogP contribution < -0.4 is 0 Å². The first-order valence-electron chi connectivity index (χ1n) is 3.53. The monoisotopic (exact) mass is 225 g/mol. The molecule has 0 bridgehead atoms. The largest absolute Gasteiger partial charge is 0.0862 e. The highest BCUT2D eigenvalue weighted by Gasteiger charge is 2.00. The standard InChI is InChI=1S/C8H8BrN3/c1-6(11-12-10)7-2-4-8(9)5-3-7/h2-6H,1H3. The van der Waals surface area contributed by atoms with Crippen molar-refractivity contribution in [1.29, 1.82) is 0 Å². The Morgan fingerprint density at radius 3 is 2.50 bits per heavy atom. The average molecular weight is 226 g/mol. The van der Waals surface area contributed by atoms with Crippen LogP contribution in [0.25, 0.3) is 10.4 Å². The fraction of sp³-hybridized carbons (Fsp3) is 0.250. The van der Waals surface area contributed by atoms with Crippen molar-refractivity contribution >= 4 is 15.9 Å². The Morgan fingerprint density at radius 1 is 1.42 bits per heavy atom. The molecule has 1 aromatic carbocycles. The molecule has 0 aromatic heterocycles. The van der Waals surface area contributed by atoms with E-state index in [9.17, 15) is 0 Å². The molecule has 0 saturated carbocycles. The van der Waals surface area contributed by atoms with Crippen molar-refractivity contribution in [2.24, 2.45) is 5.11 Å². The molecule has 12 heavy (non-hydrogen) atoms. The van der Waals surface area contributed by atoms with Gasteiger partial charge >= 0.3 is 0 Å². The van der Waals surface area contributed by atoms with Gasteiger partial charge in [-0.2, -0.15) is 0 Å². The van der Waals surface area contributed by atoms with E-state index in [0.29, 0.717) is 0 Å². The van der Waals surface area contributed by atoms with Gasteiger partial charge in [0.1, 0.15) is 0 Å². The third-order valence-electron chi connectivity index (χ3n) is 1.58. The molecule has 0 radical (unpaired) electrons. The van der Waals surface area contributed by atoms with Gasteiger partial charge < -0.3 is 0 Å². The molecule has 0 aliphatic rings. The summed E-state index contributed by atoms with van der Waals surface area (Å²) in [4.78, 5) is 2.75. The van der Waals surface area contributed by atoms with E-state index >= 15 is 0 Å². The minimum atomic E-state index is -0.0944. The van der Waals surface area contributed by atoms with Crippen LogP contribution in [0.2, 0.25) is 0 Å². The molecule has 0 N–H and O–H groups in total. The van der Waals surface area contributed by atoms with Crippen molar-refractivity contribution in [3.63, 3.8) is 0 Å². The normalized spacial score (nSPS) is 11.8. The molecule has 1 atom stereocenters. The van der Waals surface area contributed by atoms with E-state index in [1.54, 1.807) is 0 Å². The van der Waals surface area contributed by atoms with Gasteiger partial charge in [0.25, 0.3) is 0 Å². The van der Waals surface area contributed by atoms with Crippen LogP contribution in [0.3, 0.4) is 0 Å². The first kappa shape index (κ1) is 9.10. The highest BCUT2D eigenvalue weighted by molar-refractivity contribution is 9.10. The molecule has 0 aliphatic carbocycles. The molecule has 0 amide bonds. The third-order valence-corrected chi connectivity index (χ3v) is 2.11. The van der Waals surface area contributed by atoms with Gasteiger partial charge in [0.2, 0.25) is 0 Å². The lowest BCUT2D eigenvalue weighted by Crippen LogP contribution is -1.86. The van der Waals surface area contributed by atoms with Crippen molar-refractivity contribution in [1.82, 2.24) is 0 Å². The third kappa shape index (κ3) is 2.26. The van der Waals surface area contributed by atoms with Crippen molar-refractivity contribution in [2.75, 3.05) is 0 Å². The quantitative estimate of drug-likeness (QED) is 0.418. The summed E-state index contributed by atoms with van der Waals surface area (Å²) in [6.07, 6.45) is 0. The average Bonchev–Trinajstić information content (AvgIpc) is 2.06. The van der Waals surface area contributed by atoms with Gasteiger partial charge in [-0.05, 0) is 23.2 Å². The molecular weight excluding hydrogens is 218 g/mol. The predicted molar refractivity (Wildman–Crippen MR) is 51.7 cm³/mol. The summed E-state index contributed by atoms with van der Waals surface area (Å²) < 4.78 is 1.03. The molecule has 0 fully saturated rings. The highest BCUT2D eigenvalue weighted by atomic mass is 79.9. The van der Waals surface area contributed by atoms with E-state index < -0.39 is 0 Å². The summed E-state index contributed by atoms with van der Waals surface area (Å²) in [7, 11) is 0. The summed E-state index contributed by atoms with van der Waals surface area (Å²) in [6.45, 7) is 1.86. The fourth-order valence-electron chi connectivity index (χ4n) is 0.885. The van der Waals surface area contributed by atoms with Crippen LogP contribution in [-0.2, 0) is 0 Å². The summed E-state index contributed by atoms with van der Waals surface area (Å²) in [5.41, 5.74) is 9.23. The predicted octanol–water partition coefficient (Wildman–Crippen LogP) is 3.82. The maximum atomic E-state index is 8.20. The molecule has 3 nitrogen and oxygen atoms in total. The number of hydrogen-bond donors (Lipinski definition) is 0. The first-order chi connectivity index (χ1) is 5.74. The number of hydrogen-bond acceptors (Lipinski definition) is 1. The highest BCUT2D eigenvalue weighted by Crippen LogP contribution is 2.19. The molecule has 1 unspecified atom stereocenters. The number of rotatable bonds is 2. The van der Waals surface area contributed by atoms with Gasteiger partial charge in [-0.15, -0.1) is 0 Å². The van der Waals surface area contributed by atoms with Crippen LogP contribution in [0.4, 0.5) is 0 Å². The van der Waals surface area contributed by atoms with Crippen LogP contribution in [0.1, 0.15) is 18.5 Å². The zero-order chi connectivity index (χ0) is 8.97. The van der Waals surface area contributed by atoms with Crippen LogP contribution in [0, 0.1) is 0 Å². The first-order valence-corrected chi connectivity index (χ1v) is 4.33. The second-order valence-corrected chi connectivity index (χ2v) is 3.35. The molecule has 0 aliphatic heterocycles. The Morgan fingerprint density at radius 2 is 2.00 bits per heavy atom. The van der Waals surface area contributed by atoms with Crippen LogP contribution in [0.15, 0.2) is 33.9 Å². The Kier molecular flexibility index (Phi) is 3.14. The maximum Gasteiger partial charge on any atom is 0.0597 e. The molecule has 0 spiro atoms. The Labute approximate surface area is 79.2 Å². The number of benzene rings is 1. The van der Waals surface area contributed by atoms with Crippen molar-refractivity contribution in [3.05, 3.63) is 44.7 Å². The lowest BCUT2D eigenvalue weighted by Gasteiger charge is -2.03. The molecule has 62 valence electrons. The molecule has 1 aromatic rings. The SMILES string of the molecule is CC(N=[N+]=[N-])c1ccc(Br)cc1. The Bertz CT molecular complexity index is 301. The van der Waals surface area contributed by atoms with Crippen LogP contribution in [0.5, 0.6) is 0 Å². The van der Waals surface area contributed by atoms with Gasteiger partial charge in [-0.1, -0.05) is 40.1 Å². The van der Waals surface area contributed by atoms with E-state index in [2.05, 4.69) is 26.0 Å². The molecule has 0 heterocycles. The van der Waals surface area contributed by atoms with Crippen molar-refractivity contribution < 1.29 is 0 Å². The van der Waals surface area contributed by atoms with E-state index in [0.717, 1.165) is 10.0 Å². The van der Waals surface area contributed by atoms with Gasteiger partial charge in [0.15, 0.2) is 0 Å². The van der Waals surface area contributed by atoms with Crippen molar-refractivity contribution in [3.8, 4) is 0 Å². The van der Waals surface area contributed by atoms with Gasteiger partial charge in [0, 0.05) is 9.38 Å². The minimum absolute atomic E-state index is 0.0944. The summed E-state index contributed by atoms with van der Waals surface area (Å²) in [5, 5.41) is 3.59. The number of azide groups is 1. The topological polar surface area (TPSA) is 48.8 Å². The number of halogens is 1. The zero-order valence-corrected chi connectivity index (χ0v) is 8.19.